The summed E-state index contributed by atoms with van der Waals surface area (Å²) in [5.74, 6) is -9.14. The zero-order valence-corrected chi connectivity index (χ0v) is 10.3. The molecule has 19 heavy (non-hydrogen) atoms. The van der Waals surface area contributed by atoms with E-state index in [0.717, 1.165) is 12.1 Å². The van der Waals surface area contributed by atoms with Crippen LogP contribution in [0.4, 0.5) is 18.9 Å². The fourth-order valence-corrected chi connectivity index (χ4v) is 1.24. The lowest BCUT2D eigenvalue weighted by Gasteiger charge is -2.14. The van der Waals surface area contributed by atoms with Crippen LogP contribution in [0.2, 0.25) is 0 Å². The van der Waals surface area contributed by atoms with Crippen LogP contribution in [0.25, 0.3) is 0 Å². The van der Waals surface area contributed by atoms with Gasteiger partial charge in [0.25, 0.3) is 0 Å². The minimum absolute atomic E-state index is 0.291. The first-order valence-corrected chi connectivity index (χ1v) is 5.41. The van der Waals surface area contributed by atoms with E-state index in [9.17, 15) is 22.8 Å². The molecule has 0 aliphatic rings. The molecule has 1 N–H and O–H groups in total. The molecule has 7 heteroatoms. The number of halogens is 3. The number of anilines is 1. The Morgan fingerprint density at radius 1 is 1.37 bits per heavy atom. The van der Waals surface area contributed by atoms with E-state index in [-0.39, 0.29) is 6.61 Å². The molecule has 0 saturated heterocycles. The number of hydrogen-bond donors (Lipinski definition) is 1. The Morgan fingerprint density at radius 3 is 2.53 bits per heavy atom. The summed E-state index contributed by atoms with van der Waals surface area (Å²) in [7, 11) is 0. The highest BCUT2D eigenvalue weighted by Crippen LogP contribution is 2.21. The molecule has 0 heterocycles. The van der Waals surface area contributed by atoms with Crippen molar-refractivity contribution in [2.45, 2.75) is 19.8 Å². The van der Waals surface area contributed by atoms with Crippen LogP contribution in [0.3, 0.4) is 0 Å². The van der Waals surface area contributed by atoms with Crippen molar-refractivity contribution in [2.24, 2.45) is 0 Å². The highest BCUT2D eigenvalue weighted by atomic mass is 19.3. The van der Waals surface area contributed by atoms with Crippen molar-refractivity contribution in [3.63, 3.8) is 0 Å². The van der Waals surface area contributed by atoms with Crippen molar-refractivity contribution in [2.75, 3.05) is 11.9 Å². The summed E-state index contributed by atoms with van der Waals surface area (Å²) in [6, 6.07) is 3.63. The van der Waals surface area contributed by atoms with Gasteiger partial charge >= 0.3 is 17.8 Å². The maximum atomic E-state index is 13.4. The number of ether oxygens (including phenoxy) is 1. The molecule has 1 amide bonds. The standard InChI is InChI=1S/C12H12F3NO3/c1-3-19-11(18)12(14,15)10(17)16-9-5-4-7(2)6-8(9)13/h4-6H,3H2,1-2H3,(H,16,17). The normalized spacial score (nSPS) is 11.0. The number of carbonyl (C=O) groups excluding carboxylic acids is 2. The zero-order chi connectivity index (χ0) is 14.6. The molecule has 0 aliphatic carbocycles. The average molecular weight is 275 g/mol. The van der Waals surface area contributed by atoms with Crippen LogP contribution in [-0.4, -0.2) is 24.4 Å². The van der Waals surface area contributed by atoms with E-state index in [4.69, 9.17) is 0 Å². The van der Waals surface area contributed by atoms with Crippen LogP contribution in [-0.2, 0) is 14.3 Å². The van der Waals surface area contributed by atoms with E-state index in [1.54, 1.807) is 12.2 Å². The minimum atomic E-state index is -4.37. The lowest BCUT2D eigenvalue weighted by atomic mass is 10.2. The van der Waals surface area contributed by atoms with Crippen molar-refractivity contribution < 1.29 is 27.5 Å². The van der Waals surface area contributed by atoms with Gasteiger partial charge in [-0.2, -0.15) is 8.78 Å². The lowest BCUT2D eigenvalue weighted by Crippen LogP contribution is -2.43. The Hall–Kier alpha value is -2.05. The summed E-state index contributed by atoms with van der Waals surface area (Å²) in [6.07, 6.45) is 0. The Morgan fingerprint density at radius 2 is 2.00 bits per heavy atom. The van der Waals surface area contributed by atoms with Crippen molar-refractivity contribution in [1.29, 1.82) is 0 Å². The molecule has 1 aromatic rings. The van der Waals surface area contributed by atoms with Gasteiger partial charge in [-0.05, 0) is 31.5 Å². The minimum Gasteiger partial charge on any atom is -0.461 e. The molecule has 0 bridgehead atoms. The number of carbonyl (C=O) groups is 2. The molecule has 1 aromatic carbocycles. The van der Waals surface area contributed by atoms with E-state index < -0.39 is 29.3 Å². The number of alkyl halides is 2. The Labute approximate surface area is 107 Å². The van der Waals surface area contributed by atoms with Gasteiger partial charge in [0.1, 0.15) is 5.82 Å². The smallest absolute Gasteiger partial charge is 0.419 e. The number of rotatable bonds is 4. The van der Waals surface area contributed by atoms with Gasteiger partial charge in [-0.25, -0.2) is 9.18 Å². The monoisotopic (exact) mass is 275 g/mol. The highest BCUT2D eigenvalue weighted by Gasteiger charge is 2.49. The first-order valence-electron chi connectivity index (χ1n) is 5.41. The molecular weight excluding hydrogens is 263 g/mol. The van der Waals surface area contributed by atoms with Gasteiger partial charge in [0.2, 0.25) is 0 Å². The molecule has 0 fully saturated rings. The molecule has 0 unspecified atom stereocenters. The van der Waals surface area contributed by atoms with E-state index in [1.165, 1.54) is 13.0 Å². The highest BCUT2D eigenvalue weighted by molar-refractivity contribution is 6.10. The number of hydrogen-bond acceptors (Lipinski definition) is 3. The Balaban J connectivity index is 2.87. The van der Waals surface area contributed by atoms with Crippen molar-refractivity contribution >= 4 is 17.6 Å². The quantitative estimate of drug-likeness (QED) is 0.677. The van der Waals surface area contributed by atoms with Crippen LogP contribution in [0, 0.1) is 12.7 Å². The Bertz CT molecular complexity index is 503. The second-order valence-corrected chi connectivity index (χ2v) is 3.73. The van der Waals surface area contributed by atoms with E-state index in [1.807, 2.05) is 0 Å². The van der Waals surface area contributed by atoms with E-state index in [2.05, 4.69) is 4.74 Å². The van der Waals surface area contributed by atoms with E-state index in [0.29, 0.717) is 5.56 Å². The molecule has 1 rings (SSSR count). The summed E-state index contributed by atoms with van der Waals surface area (Å²) >= 11 is 0. The third-order valence-corrected chi connectivity index (χ3v) is 2.19. The van der Waals surface area contributed by atoms with Gasteiger partial charge in [0.05, 0.1) is 12.3 Å². The van der Waals surface area contributed by atoms with Crippen molar-refractivity contribution in [3.05, 3.63) is 29.6 Å². The predicted octanol–water partition coefficient (Wildman–Crippen LogP) is 2.27. The summed E-state index contributed by atoms with van der Waals surface area (Å²) in [4.78, 5) is 22.2. The SMILES string of the molecule is CCOC(=O)C(F)(F)C(=O)Nc1ccc(C)cc1F. The maximum Gasteiger partial charge on any atom is 0.419 e. The molecule has 0 saturated carbocycles. The second kappa shape index (κ2) is 5.73. The average Bonchev–Trinajstić information content (AvgIpc) is 2.32. The molecular formula is C12H12F3NO3. The maximum absolute atomic E-state index is 13.4. The van der Waals surface area contributed by atoms with Crippen LogP contribution in [0.15, 0.2) is 18.2 Å². The van der Waals surface area contributed by atoms with Crippen LogP contribution in [0.5, 0.6) is 0 Å². The third kappa shape index (κ3) is 3.46. The van der Waals surface area contributed by atoms with Gasteiger partial charge in [-0.15, -0.1) is 0 Å². The van der Waals surface area contributed by atoms with Crippen molar-refractivity contribution in [1.82, 2.24) is 0 Å². The first-order chi connectivity index (χ1) is 8.78. The molecule has 0 spiro atoms. The molecule has 0 aromatic heterocycles. The number of nitrogens with one attached hydrogen (secondary N) is 1. The number of esters is 1. The largest absolute Gasteiger partial charge is 0.461 e. The Kier molecular flexibility index (Phi) is 4.52. The summed E-state index contributed by atoms with van der Waals surface area (Å²) < 4.78 is 44.0. The molecule has 104 valence electrons. The second-order valence-electron chi connectivity index (χ2n) is 3.73. The van der Waals surface area contributed by atoms with Gasteiger partial charge in [-0.3, -0.25) is 4.79 Å². The van der Waals surface area contributed by atoms with Crippen LogP contribution in [0.1, 0.15) is 12.5 Å². The molecule has 0 radical (unpaired) electrons. The van der Waals surface area contributed by atoms with Crippen LogP contribution < -0.4 is 5.32 Å². The topological polar surface area (TPSA) is 55.4 Å². The number of aryl methyl sites for hydroxylation is 1. The van der Waals surface area contributed by atoms with Gasteiger partial charge in [-0.1, -0.05) is 6.07 Å². The fourth-order valence-electron chi connectivity index (χ4n) is 1.24. The first kappa shape index (κ1) is 15.0. The lowest BCUT2D eigenvalue weighted by molar-refractivity contribution is -0.175. The summed E-state index contributed by atoms with van der Waals surface area (Å²) in [5, 5.41) is 1.65. The molecule has 4 nitrogen and oxygen atoms in total. The van der Waals surface area contributed by atoms with Gasteiger partial charge in [0.15, 0.2) is 0 Å². The van der Waals surface area contributed by atoms with Gasteiger partial charge < -0.3 is 10.1 Å². The molecule has 0 atom stereocenters. The number of amides is 1. The summed E-state index contributed by atoms with van der Waals surface area (Å²) in [5.41, 5.74) is 0.132. The predicted molar refractivity (Wildman–Crippen MR) is 61.3 cm³/mol. The summed E-state index contributed by atoms with van der Waals surface area (Å²) in [6.45, 7) is 2.63. The van der Waals surface area contributed by atoms with Crippen LogP contribution >= 0.6 is 0 Å². The van der Waals surface area contributed by atoms with E-state index >= 15 is 0 Å². The third-order valence-electron chi connectivity index (χ3n) is 2.19. The fraction of sp³-hybridized carbons (Fsp3) is 0.333. The van der Waals surface area contributed by atoms with Gasteiger partial charge in [0, 0.05) is 0 Å². The number of benzene rings is 1. The van der Waals surface area contributed by atoms with Crippen molar-refractivity contribution in [3.8, 4) is 0 Å². The zero-order valence-electron chi connectivity index (χ0n) is 10.3. The molecule has 0 aliphatic heterocycles.